The molecule has 1 aromatic carbocycles. The van der Waals surface area contributed by atoms with Gasteiger partial charge in [-0.1, -0.05) is 43.7 Å². The van der Waals surface area contributed by atoms with E-state index >= 15 is 0 Å². The Balaban J connectivity index is 1.51. The summed E-state index contributed by atoms with van der Waals surface area (Å²) in [6.45, 7) is 4.41. The van der Waals surface area contributed by atoms with Gasteiger partial charge in [-0.25, -0.2) is 4.79 Å². The van der Waals surface area contributed by atoms with Crippen molar-refractivity contribution in [3.8, 4) is 0 Å². The van der Waals surface area contributed by atoms with Gasteiger partial charge in [0.1, 0.15) is 6.54 Å². The normalized spacial score (nSPS) is 28.8. The molecule has 4 rings (SSSR count). The maximum Gasteiger partial charge on any atom is 0.321 e. The number of hydrogen-bond acceptors (Lipinski definition) is 3. The van der Waals surface area contributed by atoms with E-state index < -0.39 is 0 Å². The average molecular weight is 427 g/mol. The molecule has 0 unspecified atom stereocenters. The predicted octanol–water partition coefficient (Wildman–Crippen LogP) is 3.48. The fourth-order valence-electron chi connectivity index (χ4n) is 5.71. The van der Waals surface area contributed by atoms with Crippen molar-refractivity contribution in [3.05, 3.63) is 35.9 Å². The monoisotopic (exact) mass is 426 g/mol. The van der Waals surface area contributed by atoms with E-state index in [0.717, 1.165) is 38.6 Å². The van der Waals surface area contributed by atoms with Crippen molar-refractivity contribution >= 4 is 11.9 Å². The van der Waals surface area contributed by atoms with Crippen LogP contribution in [0.1, 0.15) is 63.9 Å². The van der Waals surface area contributed by atoms with Gasteiger partial charge in [-0.15, -0.1) is 0 Å². The minimum absolute atomic E-state index is 0.0381. The Morgan fingerprint density at radius 1 is 1.13 bits per heavy atom. The third-order valence-corrected chi connectivity index (χ3v) is 7.97. The van der Waals surface area contributed by atoms with Crippen LogP contribution in [-0.2, 0) is 10.3 Å². The van der Waals surface area contributed by atoms with Crippen LogP contribution in [0.25, 0.3) is 0 Å². The largest absolute Gasteiger partial charge is 0.355 e. The Kier molecular flexibility index (Phi) is 6.56. The molecule has 1 heterocycles. The molecule has 3 amide bonds. The quantitative estimate of drug-likeness (QED) is 0.669. The van der Waals surface area contributed by atoms with Crippen LogP contribution in [0.3, 0.4) is 0 Å². The lowest BCUT2D eigenvalue weighted by molar-refractivity contribution is -0.121. The molecule has 1 aliphatic heterocycles. The lowest BCUT2D eigenvalue weighted by atomic mass is 9.68. The highest BCUT2D eigenvalue weighted by molar-refractivity contribution is 5.86. The molecule has 0 radical (unpaired) electrons. The second kappa shape index (κ2) is 9.19. The molecule has 2 aliphatic carbocycles. The molecular formula is C25H38N4O2. The second-order valence-electron chi connectivity index (χ2n) is 9.82. The van der Waals surface area contributed by atoms with Gasteiger partial charge in [0.2, 0.25) is 5.91 Å². The Labute approximate surface area is 186 Å². The Hall–Kier alpha value is -2.08. The van der Waals surface area contributed by atoms with Crippen LogP contribution < -0.4 is 10.6 Å². The second-order valence-corrected chi connectivity index (χ2v) is 9.82. The van der Waals surface area contributed by atoms with Gasteiger partial charge >= 0.3 is 6.03 Å². The summed E-state index contributed by atoms with van der Waals surface area (Å²) in [6, 6.07) is 10.8. The number of urea groups is 1. The SMILES string of the molecule is CCCNC(=O)CN1C[C@]2(CC[C@@](NC)(c3ccccc3)CC2)N(CC2CCC2)C1=O. The van der Waals surface area contributed by atoms with Gasteiger partial charge in [-0.2, -0.15) is 0 Å². The summed E-state index contributed by atoms with van der Waals surface area (Å²) < 4.78 is 0. The van der Waals surface area contributed by atoms with Crippen molar-refractivity contribution in [3.63, 3.8) is 0 Å². The van der Waals surface area contributed by atoms with Crippen LogP contribution in [-0.4, -0.2) is 60.5 Å². The van der Waals surface area contributed by atoms with Crippen molar-refractivity contribution in [2.75, 3.05) is 33.2 Å². The fraction of sp³-hybridized carbons (Fsp3) is 0.680. The molecule has 0 atom stereocenters. The first-order valence-corrected chi connectivity index (χ1v) is 12.1. The highest BCUT2D eigenvalue weighted by atomic mass is 16.2. The van der Waals surface area contributed by atoms with E-state index in [1.54, 1.807) is 4.90 Å². The number of carbonyl (C=O) groups excluding carboxylic acids is 2. The van der Waals surface area contributed by atoms with Gasteiger partial charge in [0.05, 0.1) is 5.54 Å². The van der Waals surface area contributed by atoms with Crippen molar-refractivity contribution in [1.82, 2.24) is 20.4 Å². The van der Waals surface area contributed by atoms with E-state index in [2.05, 4.69) is 52.9 Å². The van der Waals surface area contributed by atoms with Crippen LogP contribution in [0, 0.1) is 5.92 Å². The number of amides is 3. The molecule has 6 nitrogen and oxygen atoms in total. The molecule has 31 heavy (non-hydrogen) atoms. The number of rotatable bonds is 8. The Morgan fingerprint density at radius 2 is 1.84 bits per heavy atom. The fourth-order valence-corrected chi connectivity index (χ4v) is 5.71. The van der Waals surface area contributed by atoms with E-state index in [4.69, 9.17) is 0 Å². The molecule has 1 spiro atoms. The minimum atomic E-state index is -0.146. The van der Waals surface area contributed by atoms with Gasteiger partial charge in [-0.3, -0.25) is 4.79 Å². The highest BCUT2D eigenvalue weighted by Gasteiger charge is 2.54. The number of nitrogens with one attached hydrogen (secondary N) is 2. The van der Waals surface area contributed by atoms with Gasteiger partial charge in [0.15, 0.2) is 0 Å². The van der Waals surface area contributed by atoms with Gasteiger partial charge in [-0.05, 0) is 63.5 Å². The topological polar surface area (TPSA) is 64.7 Å². The summed E-state index contributed by atoms with van der Waals surface area (Å²) in [5.41, 5.74) is 1.15. The molecule has 170 valence electrons. The summed E-state index contributed by atoms with van der Waals surface area (Å²) >= 11 is 0. The number of nitrogens with zero attached hydrogens (tertiary/aromatic N) is 2. The molecule has 2 saturated carbocycles. The smallest absolute Gasteiger partial charge is 0.321 e. The van der Waals surface area contributed by atoms with Crippen molar-refractivity contribution in [2.24, 2.45) is 5.92 Å². The summed E-state index contributed by atoms with van der Waals surface area (Å²) in [4.78, 5) is 29.8. The third kappa shape index (κ3) is 4.32. The van der Waals surface area contributed by atoms with E-state index in [9.17, 15) is 9.59 Å². The van der Waals surface area contributed by atoms with E-state index in [1.807, 2.05) is 6.92 Å². The van der Waals surface area contributed by atoms with Gasteiger partial charge in [0, 0.05) is 25.2 Å². The number of carbonyl (C=O) groups is 2. The van der Waals surface area contributed by atoms with Gasteiger partial charge in [0.25, 0.3) is 0 Å². The first kappa shape index (κ1) is 22.1. The summed E-state index contributed by atoms with van der Waals surface area (Å²) in [6.07, 6.45) is 8.56. The maximum atomic E-state index is 13.4. The average Bonchev–Trinajstić information content (AvgIpc) is 3.01. The van der Waals surface area contributed by atoms with E-state index in [1.165, 1.54) is 24.8 Å². The Bertz CT molecular complexity index is 769. The lowest BCUT2D eigenvalue weighted by Gasteiger charge is -2.49. The molecule has 1 saturated heterocycles. The molecular weight excluding hydrogens is 388 g/mol. The van der Waals surface area contributed by atoms with Gasteiger partial charge < -0.3 is 20.4 Å². The summed E-state index contributed by atoms with van der Waals surface area (Å²) in [5.74, 6) is 0.584. The summed E-state index contributed by atoms with van der Waals surface area (Å²) in [5, 5.41) is 6.55. The van der Waals surface area contributed by atoms with Crippen LogP contribution in [0.5, 0.6) is 0 Å². The Morgan fingerprint density at radius 3 is 2.42 bits per heavy atom. The van der Waals surface area contributed by atoms with E-state index in [0.29, 0.717) is 19.0 Å². The molecule has 0 aromatic heterocycles. The molecule has 3 fully saturated rings. The predicted molar refractivity (Wildman–Crippen MR) is 123 cm³/mol. The molecule has 0 bridgehead atoms. The van der Waals surface area contributed by atoms with Crippen LogP contribution >= 0.6 is 0 Å². The lowest BCUT2D eigenvalue weighted by Crippen LogP contribution is -2.56. The minimum Gasteiger partial charge on any atom is -0.355 e. The molecule has 1 aromatic rings. The number of hydrogen-bond donors (Lipinski definition) is 2. The zero-order valence-electron chi connectivity index (χ0n) is 19.2. The number of benzene rings is 1. The summed E-state index contributed by atoms with van der Waals surface area (Å²) in [7, 11) is 2.06. The first-order valence-electron chi connectivity index (χ1n) is 12.1. The van der Waals surface area contributed by atoms with Crippen LogP contribution in [0.2, 0.25) is 0 Å². The van der Waals surface area contributed by atoms with Crippen molar-refractivity contribution < 1.29 is 9.59 Å². The zero-order valence-corrected chi connectivity index (χ0v) is 19.2. The van der Waals surface area contributed by atoms with Crippen LogP contribution in [0.4, 0.5) is 4.79 Å². The highest BCUT2D eigenvalue weighted by Crippen LogP contribution is 2.47. The maximum absolute atomic E-state index is 13.4. The first-order chi connectivity index (χ1) is 15.0. The van der Waals surface area contributed by atoms with Crippen molar-refractivity contribution in [1.29, 1.82) is 0 Å². The van der Waals surface area contributed by atoms with Crippen LogP contribution in [0.15, 0.2) is 30.3 Å². The standard InChI is InChI=1S/C25H38N4O2/c1-3-16-27-22(30)18-28-19-24(29(23(28)31)17-20-8-7-9-20)12-14-25(26-2,15-13-24)21-10-5-4-6-11-21/h4-6,10-11,20,26H,3,7-9,12-19H2,1-2H3,(H,27,30)/t24-,25+. The third-order valence-electron chi connectivity index (χ3n) is 7.97. The zero-order chi connectivity index (χ0) is 21.9. The van der Waals surface area contributed by atoms with Crippen molar-refractivity contribution in [2.45, 2.75) is 69.4 Å². The van der Waals surface area contributed by atoms with E-state index in [-0.39, 0.29) is 29.6 Å². The molecule has 2 N–H and O–H groups in total. The molecule has 3 aliphatic rings. The molecule has 6 heteroatoms.